The number of urea groups is 1. The van der Waals surface area contributed by atoms with Crippen LogP contribution in [0.25, 0.3) is 11.1 Å². The number of H-pyrrole nitrogens is 1. The number of nitrogens with one attached hydrogen (secondary N) is 3. The highest BCUT2D eigenvalue weighted by molar-refractivity contribution is 6.04. The first-order chi connectivity index (χ1) is 15.7. The minimum absolute atomic E-state index is 0.206. The molecule has 3 aromatic carbocycles. The summed E-state index contributed by atoms with van der Waals surface area (Å²) in [5, 5.41) is 12.9. The largest absolute Gasteiger partial charge is 0.322 e. The molecule has 0 fully saturated rings. The second-order valence-electron chi connectivity index (χ2n) is 7.57. The van der Waals surface area contributed by atoms with E-state index in [0.717, 1.165) is 28.1 Å². The van der Waals surface area contributed by atoms with Crippen molar-refractivity contribution in [2.24, 2.45) is 0 Å². The molecule has 7 nitrogen and oxygen atoms in total. The summed E-state index contributed by atoms with van der Waals surface area (Å²) >= 11 is 0. The summed E-state index contributed by atoms with van der Waals surface area (Å²) in [5.74, 6) is 0.287. The summed E-state index contributed by atoms with van der Waals surface area (Å²) in [5.41, 5.74) is 5.00. The number of amides is 3. The van der Waals surface area contributed by atoms with E-state index in [0.29, 0.717) is 24.5 Å². The number of fused-ring (bicyclic) bond motifs is 1. The molecule has 0 saturated heterocycles. The van der Waals surface area contributed by atoms with Crippen LogP contribution in [0.1, 0.15) is 21.6 Å². The van der Waals surface area contributed by atoms with Gasteiger partial charge in [0.05, 0.1) is 18.8 Å². The zero-order valence-electron chi connectivity index (χ0n) is 17.2. The van der Waals surface area contributed by atoms with Crippen molar-refractivity contribution in [1.29, 1.82) is 0 Å². The van der Waals surface area contributed by atoms with Crippen molar-refractivity contribution in [2.75, 3.05) is 10.6 Å². The van der Waals surface area contributed by atoms with E-state index in [1.165, 1.54) is 0 Å². The molecule has 158 valence electrons. The minimum atomic E-state index is -0.233. The average Bonchev–Trinajstić information content (AvgIpc) is 3.42. The summed E-state index contributed by atoms with van der Waals surface area (Å²) in [6, 6.07) is 26.5. The first-order valence-corrected chi connectivity index (χ1v) is 10.3. The molecule has 3 N–H and O–H groups in total. The topological polar surface area (TPSA) is 90.1 Å². The molecule has 3 amide bonds. The number of aromatic nitrogens is 2. The third-order valence-corrected chi connectivity index (χ3v) is 5.45. The van der Waals surface area contributed by atoms with Crippen LogP contribution in [0.5, 0.6) is 0 Å². The van der Waals surface area contributed by atoms with Gasteiger partial charge in [-0.25, -0.2) is 4.79 Å². The Morgan fingerprint density at radius 1 is 0.781 bits per heavy atom. The number of nitrogens with zero attached hydrogens (tertiary/aromatic N) is 2. The number of anilines is 2. The van der Waals surface area contributed by atoms with Crippen molar-refractivity contribution < 1.29 is 9.59 Å². The molecule has 0 radical (unpaired) electrons. The fourth-order valence-corrected chi connectivity index (χ4v) is 3.73. The summed E-state index contributed by atoms with van der Waals surface area (Å²) in [6.07, 6.45) is 0. The van der Waals surface area contributed by atoms with Crippen molar-refractivity contribution in [3.8, 4) is 11.1 Å². The van der Waals surface area contributed by atoms with E-state index >= 15 is 0 Å². The van der Waals surface area contributed by atoms with E-state index in [4.69, 9.17) is 0 Å². The van der Waals surface area contributed by atoms with Gasteiger partial charge in [0.25, 0.3) is 5.91 Å². The van der Waals surface area contributed by atoms with E-state index in [9.17, 15) is 9.59 Å². The molecular formula is C25H21N5O2. The summed E-state index contributed by atoms with van der Waals surface area (Å²) in [6.45, 7) is 0.749. The van der Waals surface area contributed by atoms with Crippen molar-refractivity contribution in [3.63, 3.8) is 0 Å². The number of carbonyl (C=O) groups excluding carboxylic acids is 2. The Kier molecular flexibility index (Phi) is 5.13. The molecule has 0 bridgehead atoms. The third-order valence-electron chi connectivity index (χ3n) is 5.45. The molecule has 1 aliphatic rings. The van der Waals surface area contributed by atoms with Crippen LogP contribution in [0.2, 0.25) is 0 Å². The van der Waals surface area contributed by atoms with Crippen molar-refractivity contribution in [2.45, 2.75) is 13.1 Å². The van der Waals surface area contributed by atoms with E-state index in [-0.39, 0.29) is 11.9 Å². The Balaban J connectivity index is 1.25. The van der Waals surface area contributed by atoms with Gasteiger partial charge in [0.15, 0.2) is 0 Å². The maximum atomic E-state index is 12.8. The SMILES string of the molecule is O=C(Nc1[nH]nc2c1CN(C(=O)Nc1ccccc1)C2)c1ccc(-c2ccccc2)cc1. The lowest BCUT2D eigenvalue weighted by Crippen LogP contribution is -2.30. The molecule has 1 aliphatic heterocycles. The predicted octanol–water partition coefficient (Wildman–Crippen LogP) is 4.88. The van der Waals surface area contributed by atoms with Gasteiger partial charge in [-0.1, -0.05) is 60.7 Å². The number of para-hydroxylation sites is 1. The zero-order valence-corrected chi connectivity index (χ0v) is 17.2. The minimum Gasteiger partial charge on any atom is -0.314 e. The van der Waals surface area contributed by atoms with Crippen molar-refractivity contribution >= 4 is 23.4 Å². The van der Waals surface area contributed by atoms with E-state index in [1.807, 2.05) is 72.8 Å². The van der Waals surface area contributed by atoms with Gasteiger partial charge in [-0.3, -0.25) is 9.89 Å². The Labute approximate surface area is 185 Å². The molecule has 0 saturated carbocycles. The van der Waals surface area contributed by atoms with Gasteiger partial charge < -0.3 is 15.5 Å². The third kappa shape index (κ3) is 3.96. The molecular weight excluding hydrogens is 402 g/mol. The quantitative estimate of drug-likeness (QED) is 0.437. The Hall–Kier alpha value is -4.39. The number of aromatic amines is 1. The fourth-order valence-electron chi connectivity index (χ4n) is 3.73. The summed E-state index contributed by atoms with van der Waals surface area (Å²) in [7, 11) is 0. The molecule has 7 heteroatoms. The summed E-state index contributed by atoms with van der Waals surface area (Å²) < 4.78 is 0. The van der Waals surface area contributed by atoms with Crippen molar-refractivity contribution in [1.82, 2.24) is 15.1 Å². The van der Waals surface area contributed by atoms with Gasteiger partial charge in [-0.2, -0.15) is 5.10 Å². The predicted molar refractivity (Wildman–Crippen MR) is 123 cm³/mol. The molecule has 2 heterocycles. The van der Waals surface area contributed by atoms with Gasteiger partial charge >= 0.3 is 6.03 Å². The molecule has 32 heavy (non-hydrogen) atoms. The molecule has 0 unspecified atom stereocenters. The fraction of sp³-hybridized carbons (Fsp3) is 0.0800. The van der Waals surface area contributed by atoms with Crippen LogP contribution in [-0.4, -0.2) is 27.0 Å². The average molecular weight is 423 g/mol. The smallest absolute Gasteiger partial charge is 0.314 e. The monoisotopic (exact) mass is 423 g/mol. The molecule has 0 atom stereocenters. The summed E-state index contributed by atoms with van der Waals surface area (Å²) in [4.78, 5) is 27.0. The highest BCUT2D eigenvalue weighted by Crippen LogP contribution is 2.28. The Morgan fingerprint density at radius 2 is 1.44 bits per heavy atom. The maximum Gasteiger partial charge on any atom is 0.322 e. The number of hydrogen-bond donors (Lipinski definition) is 3. The van der Waals surface area contributed by atoms with Crippen LogP contribution in [0.15, 0.2) is 84.9 Å². The van der Waals surface area contributed by atoms with Gasteiger partial charge in [-0.05, 0) is 35.4 Å². The van der Waals surface area contributed by atoms with Crippen LogP contribution in [0.3, 0.4) is 0 Å². The normalized spacial score (nSPS) is 12.3. The zero-order chi connectivity index (χ0) is 21.9. The Bertz CT molecular complexity index is 1250. The lowest BCUT2D eigenvalue weighted by atomic mass is 10.0. The molecule has 0 spiro atoms. The number of rotatable bonds is 4. The van der Waals surface area contributed by atoms with Crippen LogP contribution < -0.4 is 10.6 Å². The number of hydrogen-bond acceptors (Lipinski definition) is 3. The lowest BCUT2D eigenvalue weighted by Gasteiger charge is -2.16. The van der Waals surface area contributed by atoms with Crippen LogP contribution in [-0.2, 0) is 13.1 Å². The standard InChI is InChI=1S/C25H21N5O2/c31-24(19-13-11-18(12-14-19)17-7-3-1-4-8-17)27-23-21-15-30(16-22(21)28-29-23)25(32)26-20-9-5-2-6-10-20/h1-14H,15-16H2,(H,26,32)(H2,27,28,29,31). The van der Waals surface area contributed by atoms with Gasteiger partial charge in [-0.15, -0.1) is 0 Å². The molecule has 5 rings (SSSR count). The number of carbonyl (C=O) groups is 2. The Morgan fingerprint density at radius 3 is 2.16 bits per heavy atom. The van der Waals surface area contributed by atoms with Gasteiger partial charge in [0, 0.05) is 16.8 Å². The van der Waals surface area contributed by atoms with E-state index in [1.54, 1.807) is 17.0 Å². The maximum absolute atomic E-state index is 12.8. The molecule has 4 aromatic rings. The van der Waals surface area contributed by atoms with E-state index in [2.05, 4.69) is 20.8 Å². The highest BCUT2D eigenvalue weighted by Gasteiger charge is 2.29. The van der Waals surface area contributed by atoms with Gasteiger partial charge in [0.1, 0.15) is 5.82 Å². The van der Waals surface area contributed by atoms with Crippen LogP contribution in [0.4, 0.5) is 16.3 Å². The molecule has 0 aliphatic carbocycles. The van der Waals surface area contributed by atoms with Crippen LogP contribution >= 0.6 is 0 Å². The molecule has 1 aromatic heterocycles. The first kappa shape index (κ1) is 19.6. The second kappa shape index (κ2) is 8.39. The lowest BCUT2D eigenvalue weighted by molar-refractivity contribution is 0.102. The van der Waals surface area contributed by atoms with Crippen molar-refractivity contribution in [3.05, 3.63) is 102 Å². The van der Waals surface area contributed by atoms with E-state index < -0.39 is 0 Å². The van der Waals surface area contributed by atoms with Gasteiger partial charge in [0.2, 0.25) is 0 Å². The first-order valence-electron chi connectivity index (χ1n) is 10.3. The van der Waals surface area contributed by atoms with Crippen LogP contribution in [0, 0.1) is 0 Å². The highest BCUT2D eigenvalue weighted by atomic mass is 16.2. The second-order valence-corrected chi connectivity index (χ2v) is 7.57. The number of benzene rings is 3.